The van der Waals surface area contributed by atoms with E-state index in [0.717, 1.165) is 27.8 Å². The normalized spacial score (nSPS) is 11.5. The summed E-state index contributed by atoms with van der Waals surface area (Å²) in [7, 11) is 0. The highest BCUT2D eigenvalue weighted by Gasteiger charge is 2.07. The van der Waals surface area contributed by atoms with E-state index >= 15 is 0 Å². The molecule has 0 saturated carbocycles. The molecule has 5 heteroatoms. The van der Waals surface area contributed by atoms with Gasteiger partial charge in [0.25, 0.3) is 0 Å². The average Bonchev–Trinajstić information content (AvgIpc) is 3.09. The summed E-state index contributed by atoms with van der Waals surface area (Å²) in [5, 5.41) is 0.999. The van der Waals surface area contributed by atoms with Crippen molar-refractivity contribution in [3.8, 4) is 0 Å². The van der Waals surface area contributed by atoms with E-state index in [1.54, 1.807) is 11.8 Å². The molecule has 0 atom stereocenters. The molecule has 0 fully saturated rings. The number of thioether (sulfide) groups is 1. The van der Waals surface area contributed by atoms with Gasteiger partial charge in [0.2, 0.25) is 0 Å². The number of hydrogen-bond donors (Lipinski definition) is 0. The van der Waals surface area contributed by atoms with E-state index in [4.69, 9.17) is 4.98 Å². The van der Waals surface area contributed by atoms with Gasteiger partial charge in [-0.15, -0.1) is 0 Å². The van der Waals surface area contributed by atoms with Crippen molar-refractivity contribution in [3.63, 3.8) is 0 Å². The smallest absolute Gasteiger partial charge is 0.172 e. The molecule has 0 aliphatic carbocycles. The zero-order chi connectivity index (χ0) is 14.2. The maximum atomic E-state index is 4.70. The molecule has 104 valence electrons. The van der Waals surface area contributed by atoms with Crippen molar-refractivity contribution in [2.45, 2.75) is 17.8 Å². The van der Waals surface area contributed by atoms with Gasteiger partial charge < -0.3 is 4.40 Å². The first-order valence-electron chi connectivity index (χ1n) is 6.79. The largest absolute Gasteiger partial charge is 0.307 e. The Bertz CT molecular complexity index is 922. The summed E-state index contributed by atoms with van der Waals surface area (Å²) in [6.45, 7) is 2.08. The number of aryl methyl sites for hydroxylation is 1. The number of pyridine rings is 2. The minimum Gasteiger partial charge on any atom is -0.307 e. The molecule has 4 heterocycles. The van der Waals surface area contributed by atoms with Crippen molar-refractivity contribution in [3.05, 3.63) is 66.4 Å². The van der Waals surface area contributed by atoms with E-state index in [2.05, 4.69) is 39.0 Å². The van der Waals surface area contributed by atoms with Gasteiger partial charge in [-0.05, 0) is 30.7 Å². The number of hydrogen-bond acceptors (Lipinski definition) is 3. The first-order valence-corrected chi connectivity index (χ1v) is 7.78. The Hall–Kier alpha value is -2.27. The Kier molecular flexibility index (Phi) is 2.93. The fraction of sp³-hybridized carbons (Fsp3) is 0.125. The van der Waals surface area contributed by atoms with Gasteiger partial charge in [0.1, 0.15) is 5.65 Å². The number of fused-ring (bicyclic) bond motifs is 2. The Morgan fingerprint density at radius 1 is 1.14 bits per heavy atom. The summed E-state index contributed by atoms with van der Waals surface area (Å²) in [4.78, 5) is 9.17. The number of nitrogens with zero attached hydrogens (tertiary/aromatic N) is 4. The molecular formula is C16H14N4S. The van der Waals surface area contributed by atoms with Crippen molar-refractivity contribution in [1.29, 1.82) is 0 Å². The minimum atomic E-state index is 0.815. The molecule has 0 saturated heterocycles. The summed E-state index contributed by atoms with van der Waals surface area (Å²) >= 11 is 1.71. The maximum Gasteiger partial charge on any atom is 0.172 e. The van der Waals surface area contributed by atoms with Gasteiger partial charge in [-0.1, -0.05) is 23.9 Å². The summed E-state index contributed by atoms with van der Waals surface area (Å²) < 4.78 is 4.18. The molecule has 4 nitrogen and oxygen atoms in total. The highest BCUT2D eigenvalue weighted by atomic mass is 32.2. The van der Waals surface area contributed by atoms with Crippen LogP contribution in [0.5, 0.6) is 0 Å². The van der Waals surface area contributed by atoms with Crippen LogP contribution in [0, 0.1) is 6.92 Å². The van der Waals surface area contributed by atoms with E-state index < -0.39 is 0 Å². The second-order valence-corrected chi connectivity index (χ2v) is 5.92. The van der Waals surface area contributed by atoms with Crippen LogP contribution in [-0.2, 0) is 5.75 Å². The molecule has 4 rings (SSSR count). The van der Waals surface area contributed by atoms with Crippen LogP contribution < -0.4 is 0 Å². The topological polar surface area (TPSA) is 34.6 Å². The Morgan fingerprint density at radius 2 is 2.10 bits per heavy atom. The standard InChI is InChI=1S/C16H14N4S/c1-12-5-4-7-19-10-13(18-15(12)19)11-21-16-17-9-14-6-2-3-8-20(14)16/h2-10H,11H2,1H3. The second-order valence-electron chi connectivity index (χ2n) is 4.98. The molecule has 0 amide bonds. The molecule has 0 radical (unpaired) electrons. The van der Waals surface area contributed by atoms with E-state index in [0.29, 0.717) is 0 Å². The maximum absolute atomic E-state index is 4.70. The van der Waals surface area contributed by atoms with Gasteiger partial charge in [-0.2, -0.15) is 0 Å². The third-order valence-corrected chi connectivity index (χ3v) is 4.48. The SMILES string of the molecule is Cc1cccn2cc(CSc3ncc4ccccn34)nc12. The molecule has 0 unspecified atom stereocenters. The first-order chi connectivity index (χ1) is 10.3. The predicted octanol–water partition coefficient (Wildman–Crippen LogP) is 3.58. The van der Waals surface area contributed by atoms with Crippen LogP contribution in [-0.4, -0.2) is 18.8 Å². The van der Waals surface area contributed by atoms with Gasteiger partial charge in [0, 0.05) is 24.3 Å². The molecule has 0 aromatic carbocycles. The van der Waals surface area contributed by atoms with Crippen LogP contribution in [0.4, 0.5) is 0 Å². The average molecular weight is 294 g/mol. The highest BCUT2D eigenvalue weighted by molar-refractivity contribution is 7.98. The van der Waals surface area contributed by atoms with Crippen molar-refractivity contribution >= 4 is 22.9 Å². The lowest BCUT2D eigenvalue weighted by atomic mass is 10.3. The van der Waals surface area contributed by atoms with E-state index in [1.807, 2.05) is 36.8 Å². The van der Waals surface area contributed by atoms with Gasteiger partial charge in [-0.25, -0.2) is 9.97 Å². The lowest BCUT2D eigenvalue weighted by Crippen LogP contribution is -1.87. The van der Waals surface area contributed by atoms with Crippen molar-refractivity contribution < 1.29 is 0 Å². The van der Waals surface area contributed by atoms with Crippen LogP contribution >= 0.6 is 11.8 Å². The Morgan fingerprint density at radius 3 is 3.00 bits per heavy atom. The fourth-order valence-corrected chi connectivity index (χ4v) is 3.29. The molecule has 0 spiro atoms. The zero-order valence-electron chi connectivity index (χ0n) is 11.6. The molecular weight excluding hydrogens is 280 g/mol. The fourth-order valence-electron chi connectivity index (χ4n) is 2.44. The van der Waals surface area contributed by atoms with Crippen molar-refractivity contribution in [1.82, 2.24) is 18.8 Å². The van der Waals surface area contributed by atoms with Gasteiger partial charge in [0.05, 0.1) is 17.4 Å². The van der Waals surface area contributed by atoms with Crippen LogP contribution in [0.3, 0.4) is 0 Å². The number of rotatable bonds is 3. The van der Waals surface area contributed by atoms with Gasteiger partial charge >= 0.3 is 0 Å². The van der Waals surface area contributed by atoms with E-state index in [9.17, 15) is 0 Å². The molecule has 4 aromatic rings. The third-order valence-electron chi connectivity index (χ3n) is 3.48. The van der Waals surface area contributed by atoms with Crippen LogP contribution in [0.15, 0.2) is 60.3 Å². The minimum absolute atomic E-state index is 0.815. The summed E-state index contributed by atoms with van der Waals surface area (Å²) in [6, 6.07) is 10.2. The third kappa shape index (κ3) is 2.19. The van der Waals surface area contributed by atoms with Crippen LogP contribution in [0.25, 0.3) is 11.2 Å². The second kappa shape index (κ2) is 4.93. The highest BCUT2D eigenvalue weighted by Crippen LogP contribution is 2.23. The number of imidazole rings is 2. The molecule has 0 aliphatic rings. The monoisotopic (exact) mass is 294 g/mol. The predicted molar refractivity (Wildman–Crippen MR) is 84.7 cm³/mol. The van der Waals surface area contributed by atoms with Crippen LogP contribution in [0.1, 0.15) is 11.3 Å². The summed E-state index contributed by atoms with van der Waals surface area (Å²) in [5.74, 6) is 0.815. The quantitative estimate of drug-likeness (QED) is 0.542. The molecule has 0 aliphatic heterocycles. The number of aromatic nitrogens is 4. The molecule has 0 bridgehead atoms. The summed E-state index contributed by atoms with van der Waals surface area (Å²) in [6.07, 6.45) is 8.06. The Balaban J connectivity index is 1.62. The molecule has 21 heavy (non-hydrogen) atoms. The lowest BCUT2D eigenvalue weighted by molar-refractivity contribution is 0.956. The van der Waals surface area contributed by atoms with E-state index in [-0.39, 0.29) is 0 Å². The molecule has 4 aromatic heterocycles. The van der Waals surface area contributed by atoms with Crippen LogP contribution in [0.2, 0.25) is 0 Å². The van der Waals surface area contributed by atoms with Gasteiger partial charge in [0.15, 0.2) is 5.16 Å². The Labute approximate surface area is 126 Å². The van der Waals surface area contributed by atoms with E-state index in [1.165, 1.54) is 5.56 Å². The van der Waals surface area contributed by atoms with Gasteiger partial charge in [-0.3, -0.25) is 4.40 Å². The lowest BCUT2D eigenvalue weighted by Gasteiger charge is -1.98. The zero-order valence-corrected chi connectivity index (χ0v) is 12.4. The first kappa shape index (κ1) is 12.5. The summed E-state index contributed by atoms with van der Waals surface area (Å²) in [5.41, 5.74) is 4.41. The van der Waals surface area contributed by atoms with Crippen molar-refractivity contribution in [2.75, 3.05) is 0 Å². The molecule has 0 N–H and O–H groups in total. The van der Waals surface area contributed by atoms with Crippen molar-refractivity contribution in [2.24, 2.45) is 0 Å².